The maximum absolute atomic E-state index is 10.8. The van der Waals surface area contributed by atoms with E-state index in [-0.39, 0.29) is 5.78 Å². The Labute approximate surface area is 74.9 Å². The first kappa shape index (κ1) is 9.28. The Morgan fingerprint density at radius 3 is 2.42 bits per heavy atom. The van der Waals surface area contributed by atoms with Gasteiger partial charge in [0.25, 0.3) is 0 Å². The van der Waals surface area contributed by atoms with Gasteiger partial charge in [-0.3, -0.25) is 4.79 Å². The van der Waals surface area contributed by atoms with Gasteiger partial charge < -0.3 is 0 Å². The first-order chi connectivity index (χ1) is 5.47. The fourth-order valence-corrected chi connectivity index (χ4v) is 1.50. The van der Waals surface area contributed by atoms with Crippen LogP contribution in [0.3, 0.4) is 0 Å². The Morgan fingerprint density at radius 2 is 2.00 bits per heavy atom. The Hall–Kier alpha value is -0.813. The minimum atomic E-state index is -1.26. The van der Waals surface area contributed by atoms with Crippen LogP contribution < -0.4 is 0 Å². The van der Waals surface area contributed by atoms with Crippen LogP contribution in [0.2, 0.25) is 19.6 Å². The quantitative estimate of drug-likeness (QED) is 0.410. The van der Waals surface area contributed by atoms with Gasteiger partial charge in [0.15, 0.2) is 5.78 Å². The monoisotopic (exact) mass is 178 g/mol. The van der Waals surface area contributed by atoms with Crippen LogP contribution in [-0.2, 0) is 4.79 Å². The van der Waals surface area contributed by atoms with E-state index in [1.807, 2.05) is 0 Å². The van der Waals surface area contributed by atoms with Crippen LogP contribution in [-0.4, -0.2) is 13.9 Å². The number of rotatable bonds is 0. The number of carbonyl (C=O) groups excluding carboxylic acids is 1. The predicted molar refractivity (Wildman–Crippen MR) is 53.4 cm³/mol. The van der Waals surface area contributed by atoms with Crippen LogP contribution in [0.25, 0.3) is 0 Å². The molecule has 0 radical (unpaired) electrons. The lowest BCUT2D eigenvalue weighted by Crippen LogP contribution is -2.16. The summed E-state index contributed by atoms with van der Waals surface area (Å²) in [5.74, 6) is 3.34. The van der Waals surface area contributed by atoms with E-state index in [1.165, 1.54) is 0 Å². The van der Waals surface area contributed by atoms with E-state index < -0.39 is 8.07 Å². The van der Waals surface area contributed by atoms with Crippen LogP contribution in [0.4, 0.5) is 0 Å². The van der Waals surface area contributed by atoms with E-state index in [2.05, 4.69) is 31.1 Å². The van der Waals surface area contributed by atoms with Crippen molar-refractivity contribution in [3.63, 3.8) is 0 Å². The minimum Gasteiger partial charge on any atom is -0.295 e. The molecule has 0 amide bonds. The van der Waals surface area contributed by atoms with Gasteiger partial charge in [0.05, 0.1) is 0 Å². The van der Waals surface area contributed by atoms with Gasteiger partial charge in [0.1, 0.15) is 8.07 Å². The normalized spacial score (nSPS) is 16.9. The van der Waals surface area contributed by atoms with Crippen LogP contribution in [0.5, 0.6) is 0 Å². The van der Waals surface area contributed by atoms with Gasteiger partial charge in [-0.15, -0.1) is 5.54 Å². The minimum absolute atomic E-state index is 0.231. The van der Waals surface area contributed by atoms with Crippen molar-refractivity contribution in [2.75, 3.05) is 0 Å². The van der Waals surface area contributed by atoms with Gasteiger partial charge in [0.2, 0.25) is 0 Å². The molecule has 0 spiro atoms. The molecule has 0 N–H and O–H groups in total. The van der Waals surface area contributed by atoms with Crippen molar-refractivity contribution in [2.45, 2.75) is 32.5 Å². The molecule has 2 heteroatoms. The van der Waals surface area contributed by atoms with Gasteiger partial charge in [0, 0.05) is 12.0 Å². The molecule has 0 aromatic heterocycles. The average molecular weight is 178 g/mol. The van der Waals surface area contributed by atoms with E-state index in [9.17, 15) is 4.79 Å². The Kier molecular flexibility index (Phi) is 2.54. The third-order valence-electron chi connectivity index (χ3n) is 1.57. The zero-order chi connectivity index (χ0) is 9.19. The van der Waals surface area contributed by atoms with Crippen molar-refractivity contribution >= 4 is 13.9 Å². The summed E-state index contributed by atoms with van der Waals surface area (Å²) in [6.45, 7) is 6.62. The van der Waals surface area contributed by atoms with E-state index in [1.54, 1.807) is 6.08 Å². The molecule has 0 aliphatic heterocycles. The Morgan fingerprint density at radius 1 is 1.33 bits per heavy atom. The van der Waals surface area contributed by atoms with Crippen LogP contribution >= 0.6 is 0 Å². The highest BCUT2D eigenvalue weighted by molar-refractivity contribution is 6.83. The second-order valence-corrected chi connectivity index (χ2v) is 8.89. The summed E-state index contributed by atoms with van der Waals surface area (Å²) < 4.78 is 0. The second-order valence-electron chi connectivity index (χ2n) is 4.14. The Bertz CT molecular complexity index is 283. The van der Waals surface area contributed by atoms with Crippen molar-refractivity contribution in [2.24, 2.45) is 0 Å². The van der Waals surface area contributed by atoms with Crippen molar-refractivity contribution in [1.82, 2.24) is 0 Å². The summed E-state index contributed by atoms with van der Waals surface area (Å²) in [4.78, 5) is 10.8. The molecule has 0 heterocycles. The van der Waals surface area contributed by atoms with Crippen molar-refractivity contribution in [1.29, 1.82) is 0 Å². The molecule has 1 rings (SSSR count). The third kappa shape index (κ3) is 3.06. The number of ketones is 1. The molecule has 0 saturated carbocycles. The number of allylic oxidation sites excluding steroid dienone is 2. The molecule has 12 heavy (non-hydrogen) atoms. The van der Waals surface area contributed by atoms with E-state index in [0.29, 0.717) is 6.42 Å². The highest BCUT2D eigenvalue weighted by Gasteiger charge is 2.11. The van der Waals surface area contributed by atoms with Gasteiger partial charge in [-0.25, -0.2) is 0 Å². The van der Waals surface area contributed by atoms with Crippen LogP contribution in [0, 0.1) is 11.5 Å². The molecule has 0 fully saturated rings. The molecule has 0 aromatic carbocycles. The molecule has 0 saturated heterocycles. The molecule has 0 aromatic rings. The van der Waals surface area contributed by atoms with Crippen molar-refractivity contribution in [3.05, 3.63) is 11.6 Å². The third-order valence-corrected chi connectivity index (χ3v) is 2.45. The molecule has 0 unspecified atom stereocenters. The fourth-order valence-electron chi connectivity index (χ4n) is 0.963. The average Bonchev–Trinajstić information content (AvgIpc) is 2.30. The molecule has 1 aliphatic rings. The highest BCUT2D eigenvalue weighted by atomic mass is 28.3. The van der Waals surface area contributed by atoms with E-state index in [4.69, 9.17) is 0 Å². The molecule has 0 atom stereocenters. The maximum atomic E-state index is 10.8. The summed E-state index contributed by atoms with van der Waals surface area (Å²) in [7, 11) is -1.26. The largest absolute Gasteiger partial charge is 0.295 e. The van der Waals surface area contributed by atoms with Gasteiger partial charge in [-0.2, -0.15) is 0 Å². The second kappa shape index (κ2) is 3.28. The fraction of sp³-hybridized carbons (Fsp3) is 0.500. The molecule has 64 valence electrons. The smallest absolute Gasteiger partial charge is 0.156 e. The standard InChI is InChI=1S/C10H14OSi/c1-12(2,3)7-6-9-4-5-10(11)8-9/h8H,4-5H2,1-3H3. The molecule has 0 bridgehead atoms. The first-order valence-electron chi connectivity index (χ1n) is 4.24. The number of hydrogen-bond acceptors (Lipinski definition) is 1. The molecule has 1 aliphatic carbocycles. The first-order valence-corrected chi connectivity index (χ1v) is 7.74. The zero-order valence-electron chi connectivity index (χ0n) is 7.90. The topological polar surface area (TPSA) is 17.1 Å². The summed E-state index contributed by atoms with van der Waals surface area (Å²) in [5.41, 5.74) is 4.28. The lowest BCUT2D eigenvalue weighted by Gasteiger charge is -2.02. The molecular formula is C10H14OSi. The van der Waals surface area contributed by atoms with Crippen LogP contribution in [0.1, 0.15) is 12.8 Å². The van der Waals surface area contributed by atoms with Gasteiger partial charge >= 0.3 is 0 Å². The van der Waals surface area contributed by atoms with E-state index in [0.717, 1.165) is 12.0 Å². The summed E-state index contributed by atoms with van der Waals surface area (Å²) in [6.07, 6.45) is 3.21. The Balaban J connectivity index is 2.67. The molecular weight excluding hydrogens is 164 g/mol. The highest BCUT2D eigenvalue weighted by Crippen LogP contribution is 2.13. The molecule has 1 nitrogen and oxygen atoms in total. The maximum Gasteiger partial charge on any atom is 0.156 e. The SMILES string of the molecule is C[Si](C)(C)C#CC1=CC(=O)CC1. The van der Waals surface area contributed by atoms with Crippen molar-refractivity contribution < 1.29 is 4.79 Å². The van der Waals surface area contributed by atoms with E-state index >= 15 is 0 Å². The number of hydrogen-bond donors (Lipinski definition) is 0. The summed E-state index contributed by atoms with van der Waals surface area (Å²) >= 11 is 0. The zero-order valence-corrected chi connectivity index (χ0v) is 8.90. The summed E-state index contributed by atoms with van der Waals surface area (Å²) in [6, 6.07) is 0. The summed E-state index contributed by atoms with van der Waals surface area (Å²) in [5, 5.41) is 0. The van der Waals surface area contributed by atoms with Gasteiger partial charge in [-0.1, -0.05) is 25.6 Å². The lowest BCUT2D eigenvalue weighted by molar-refractivity contribution is -0.114. The van der Waals surface area contributed by atoms with Gasteiger partial charge in [-0.05, 0) is 12.5 Å². The number of carbonyl (C=O) groups is 1. The van der Waals surface area contributed by atoms with Crippen LogP contribution in [0.15, 0.2) is 11.6 Å². The predicted octanol–water partition coefficient (Wildman–Crippen LogP) is 2.16. The lowest BCUT2D eigenvalue weighted by atomic mass is 10.2. The van der Waals surface area contributed by atoms with Crippen molar-refractivity contribution in [3.8, 4) is 11.5 Å².